The van der Waals surface area contributed by atoms with Crippen LogP contribution in [-0.4, -0.2) is 29.8 Å². The van der Waals surface area contributed by atoms with Gasteiger partial charge in [0.2, 0.25) is 0 Å². The van der Waals surface area contributed by atoms with Crippen molar-refractivity contribution in [3.05, 3.63) is 39.7 Å². The minimum Gasteiger partial charge on any atom is -0.465 e. The molecule has 1 aromatic carbocycles. The Kier molecular flexibility index (Phi) is 5.86. The Bertz CT molecular complexity index is 824. The number of alkyl halides is 1. The molecule has 2 aliphatic rings. The van der Waals surface area contributed by atoms with Crippen molar-refractivity contribution in [1.29, 1.82) is 0 Å². The number of benzene rings is 1. The fraction of sp³-hybridized carbons (Fsp3) is 0.421. The van der Waals surface area contributed by atoms with E-state index in [1.54, 1.807) is 6.92 Å². The number of rotatable bonds is 5. The maximum absolute atomic E-state index is 14.5. The number of halogens is 3. The highest BCUT2D eigenvalue weighted by Crippen LogP contribution is 2.38. The Morgan fingerprint density at radius 3 is 2.37 bits per heavy atom. The van der Waals surface area contributed by atoms with Crippen LogP contribution < -0.4 is 4.90 Å². The standard InChI is InChI=1S/C19H18Cl2FNO4/c1-2-27-19(26)14(21)7-10-8-16(15(22)9-13(10)20)23-17(24)11-5-3-4-6-12(11)18(23)25/h8-9,14H,2-7H2,1H3. The SMILES string of the molecule is CCOC(=O)C(Cl)Cc1cc(N2C(=O)C3=C(CCCC3)C2=O)c(F)cc1Cl. The van der Waals surface area contributed by atoms with Crippen molar-refractivity contribution in [3.63, 3.8) is 0 Å². The molecule has 144 valence electrons. The third kappa shape index (κ3) is 3.73. The molecule has 0 saturated carbocycles. The van der Waals surface area contributed by atoms with Crippen molar-refractivity contribution in [1.82, 2.24) is 0 Å². The number of amides is 2. The third-order valence-corrected chi connectivity index (χ3v) is 5.37. The van der Waals surface area contributed by atoms with Gasteiger partial charge < -0.3 is 4.74 Å². The summed E-state index contributed by atoms with van der Waals surface area (Å²) in [7, 11) is 0. The second-order valence-corrected chi connectivity index (χ2v) is 7.36. The zero-order chi connectivity index (χ0) is 19.7. The number of nitrogens with zero attached hydrogens (tertiary/aromatic N) is 1. The highest BCUT2D eigenvalue weighted by atomic mass is 35.5. The van der Waals surface area contributed by atoms with E-state index in [9.17, 15) is 18.8 Å². The minimum atomic E-state index is -1.02. The van der Waals surface area contributed by atoms with Crippen LogP contribution in [0, 0.1) is 5.82 Å². The molecule has 0 saturated heterocycles. The molecule has 0 fully saturated rings. The molecule has 0 radical (unpaired) electrons. The molecule has 0 N–H and O–H groups in total. The van der Waals surface area contributed by atoms with Gasteiger partial charge in [-0.15, -0.1) is 11.6 Å². The summed E-state index contributed by atoms with van der Waals surface area (Å²) < 4.78 is 19.4. The first-order chi connectivity index (χ1) is 12.8. The first kappa shape index (κ1) is 19.8. The summed E-state index contributed by atoms with van der Waals surface area (Å²) >= 11 is 12.1. The predicted molar refractivity (Wildman–Crippen MR) is 99.4 cm³/mol. The number of imide groups is 1. The van der Waals surface area contributed by atoms with Gasteiger partial charge in [-0.25, -0.2) is 9.29 Å². The van der Waals surface area contributed by atoms with Gasteiger partial charge in [0.05, 0.1) is 12.3 Å². The lowest BCUT2D eigenvalue weighted by molar-refractivity contribution is -0.142. The molecular weight excluding hydrogens is 396 g/mol. The summed E-state index contributed by atoms with van der Waals surface area (Å²) in [5.41, 5.74) is 1.10. The van der Waals surface area contributed by atoms with E-state index >= 15 is 0 Å². The molecule has 1 unspecified atom stereocenters. The zero-order valence-corrected chi connectivity index (χ0v) is 16.2. The first-order valence-electron chi connectivity index (χ1n) is 8.74. The molecule has 0 spiro atoms. The van der Waals surface area contributed by atoms with E-state index in [4.69, 9.17) is 27.9 Å². The largest absolute Gasteiger partial charge is 0.465 e. The maximum atomic E-state index is 14.5. The minimum absolute atomic E-state index is 0.0180. The summed E-state index contributed by atoms with van der Waals surface area (Å²) in [4.78, 5) is 37.9. The molecule has 1 atom stereocenters. The van der Waals surface area contributed by atoms with Crippen LogP contribution in [0.1, 0.15) is 38.2 Å². The first-order valence-corrected chi connectivity index (χ1v) is 9.56. The lowest BCUT2D eigenvalue weighted by Crippen LogP contribution is -2.32. The van der Waals surface area contributed by atoms with E-state index in [-0.39, 0.29) is 23.7 Å². The molecule has 0 bridgehead atoms. The second kappa shape index (κ2) is 7.98. The lowest BCUT2D eigenvalue weighted by atomic mass is 9.93. The van der Waals surface area contributed by atoms with Crippen LogP contribution in [0.15, 0.2) is 23.3 Å². The monoisotopic (exact) mass is 413 g/mol. The Labute approximate surface area is 166 Å². The highest BCUT2D eigenvalue weighted by Gasteiger charge is 2.41. The Hall–Kier alpha value is -1.92. The number of esters is 1. The fourth-order valence-electron chi connectivity index (χ4n) is 3.38. The van der Waals surface area contributed by atoms with Gasteiger partial charge >= 0.3 is 5.97 Å². The van der Waals surface area contributed by atoms with E-state index in [2.05, 4.69) is 0 Å². The molecule has 1 heterocycles. The van der Waals surface area contributed by atoms with Crippen molar-refractivity contribution in [2.75, 3.05) is 11.5 Å². The van der Waals surface area contributed by atoms with Crippen LogP contribution >= 0.6 is 23.2 Å². The van der Waals surface area contributed by atoms with Crippen LogP contribution in [0.5, 0.6) is 0 Å². The van der Waals surface area contributed by atoms with E-state index in [0.717, 1.165) is 23.8 Å². The summed E-state index contributed by atoms with van der Waals surface area (Å²) in [6, 6.07) is 2.33. The smallest absolute Gasteiger partial charge is 0.324 e. The molecule has 2 amide bonds. The van der Waals surface area contributed by atoms with Crippen LogP contribution in [0.2, 0.25) is 5.02 Å². The molecule has 27 heavy (non-hydrogen) atoms. The number of hydrogen-bond donors (Lipinski definition) is 0. The maximum Gasteiger partial charge on any atom is 0.324 e. The number of carbonyl (C=O) groups excluding carboxylic acids is 3. The highest BCUT2D eigenvalue weighted by molar-refractivity contribution is 6.34. The van der Waals surface area contributed by atoms with Gasteiger partial charge in [0, 0.05) is 22.6 Å². The molecule has 1 aliphatic carbocycles. The van der Waals surface area contributed by atoms with Gasteiger partial charge in [-0.1, -0.05) is 11.6 Å². The van der Waals surface area contributed by atoms with Gasteiger partial charge in [0.25, 0.3) is 11.8 Å². The molecule has 8 heteroatoms. The van der Waals surface area contributed by atoms with Crippen molar-refractivity contribution >= 4 is 46.7 Å². The van der Waals surface area contributed by atoms with Crippen LogP contribution in [-0.2, 0) is 25.5 Å². The zero-order valence-electron chi connectivity index (χ0n) is 14.7. The second-order valence-electron chi connectivity index (χ2n) is 6.43. The average Bonchev–Trinajstić information content (AvgIpc) is 2.89. The Balaban J connectivity index is 1.92. The molecule has 3 rings (SSSR count). The quantitative estimate of drug-likeness (QED) is 0.416. The summed E-state index contributed by atoms with van der Waals surface area (Å²) in [6.07, 6.45) is 2.67. The molecule has 1 aliphatic heterocycles. The van der Waals surface area contributed by atoms with Gasteiger partial charge in [0.1, 0.15) is 11.2 Å². The molecule has 5 nitrogen and oxygen atoms in total. The summed E-state index contributed by atoms with van der Waals surface area (Å²) in [6.45, 7) is 1.84. The Morgan fingerprint density at radius 1 is 1.22 bits per heavy atom. The van der Waals surface area contributed by atoms with E-state index in [0.29, 0.717) is 29.6 Å². The summed E-state index contributed by atoms with van der Waals surface area (Å²) in [5, 5.41) is -0.958. The average molecular weight is 414 g/mol. The van der Waals surface area contributed by atoms with Crippen LogP contribution in [0.25, 0.3) is 0 Å². The van der Waals surface area contributed by atoms with Crippen molar-refractivity contribution in [2.45, 2.75) is 44.4 Å². The van der Waals surface area contributed by atoms with Gasteiger partial charge in [-0.05, 0) is 50.3 Å². The van der Waals surface area contributed by atoms with E-state index < -0.39 is 29.0 Å². The van der Waals surface area contributed by atoms with Gasteiger partial charge in [-0.2, -0.15) is 0 Å². The molecule has 1 aromatic rings. The van der Waals surface area contributed by atoms with Crippen molar-refractivity contribution < 1.29 is 23.5 Å². The third-order valence-electron chi connectivity index (χ3n) is 4.69. The summed E-state index contributed by atoms with van der Waals surface area (Å²) in [5.74, 6) is -2.39. The number of hydrogen-bond acceptors (Lipinski definition) is 4. The topological polar surface area (TPSA) is 63.7 Å². The van der Waals surface area contributed by atoms with Crippen molar-refractivity contribution in [3.8, 4) is 0 Å². The van der Waals surface area contributed by atoms with Crippen LogP contribution in [0.3, 0.4) is 0 Å². The molecular formula is C19H18Cl2FNO4. The van der Waals surface area contributed by atoms with Gasteiger partial charge in [0.15, 0.2) is 0 Å². The van der Waals surface area contributed by atoms with E-state index in [1.165, 1.54) is 6.07 Å². The number of carbonyl (C=O) groups is 3. The number of ether oxygens (including phenoxy) is 1. The predicted octanol–water partition coefficient (Wildman–Crippen LogP) is 3.94. The lowest BCUT2D eigenvalue weighted by Gasteiger charge is -2.18. The van der Waals surface area contributed by atoms with Gasteiger partial charge in [-0.3, -0.25) is 14.4 Å². The molecule has 0 aromatic heterocycles. The van der Waals surface area contributed by atoms with E-state index in [1.807, 2.05) is 0 Å². The van der Waals surface area contributed by atoms with Crippen LogP contribution in [0.4, 0.5) is 10.1 Å². The Morgan fingerprint density at radius 2 is 1.81 bits per heavy atom. The fourth-order valence-corrected chi connectivity index (χ4v) is 3.83. The normalized spacial score (nSPS) is 18.0. The number of anilines is 1. The van der Waals surface area contributed by atoms with Crippen molar-refractivity contribution in [2.24, 2.45) is 0 Å².